The Balaban J connectivity index is 2.25. The van der Waals surface area contributed by atoms with E-state index in [9.17, 15) is 0 Å². The summed E-state index contributed by atoms with van der Waals surface area (Å²) in [5.74, 6) is 1.93. The lowest BCUT2D eigenvalue weighted by Gasteiger charge is -2.09. The van der Waals surface area contributed by atoms with Crippen molar-refractivity contribution in [1.29, 1.82) is 0 Å². The van der Waals surface area contributed by atoms with Crippen molar-refractivity contribution in [2.24, 2.45) is 5.92 Å². The molecule has 15 heavy (non-hydrogen) atoms. The van der Waals surface area contributed by atoms with Gasteiger partial charge in [-0.2, -0.15) is 11.8 Å². The molecule has 86 valence electrons. The Kier molecular flexibility index (Phi) is 6.62. The van der Waals surface area contributed by atoms with Crippen molar-refractivity contribution in [2.45, 2.75) is 13.5 Å². The molecule has 1 aromatic rings. The van der Waals surface area contributed by atoms with Gasteiger partial charge in [-0.15, -0.1) is 11.3 Å². The first-order valence-corrected chi connectivity index (χ1v) is 8.15. The van der Waals surface area contributed by atoms with E-state index in [2.05, 4.69) is 40.5 Å². The standard InChI is InChI=1S/C10H15BrClNS2/c1-7(6-14-2)4-13-5-8-3-9(11)10(12)15-8/h3,7,13H,4-6H2,1-2H3. The minimum Gasteiger partial charge on any atom is -0.312 e. The fourth-order valence-electron chi connectivity index (χ4n) is 1.26. The van der Waals surface area contributed by atoms with Crippen LogP contribution in [0.25, 0.3) is 0 Å². The van der Waals surface area contributed by atoms with Gasteiger partial charge in [-0.05, 0) is 46.5 Å². The highest BCUT2D eigenvalue weighted by Crippen LogP contribution is 2.31. The van der Waals surface area contributed by atoms with E-state index < -0.39 is 0 Å². The second kappa shape index (κ2) is 7.17. The van der Waals surface area contributed by atoms with Crippen LogP contribution in [-0.4, -0.2) is 18.6 Å². The minimum atomic E-state index is 0.721. The number of nitrogens with one attached hydrogen (secondary N) is 1. The molecule has 1 rings (SSSR count). The van der Waals surface area contributed by atoms with Crippen LogP contribution in [0.1, 0.15) is 11.8 Å². The molecule has 0 saturated carbocycles. The zero-order valence-corrected chi connectivity index (χ0v) is 12.8. The van der Waals surface area contributed by atoms with Crippen LogP contribution < -0.4 is 5.32 Å². The summed E-state index contributed by atoms with van der Waals surface area (Å²) in [6.45, 7) is 4.24. The third kappa shape index (κ3) is 5.09. The predicted octanol–water partition coefficient (Wildman–Crippen LogP) is 4.25. The Morgan fingerprint density at radius 2 is 2.40 bits per heavy atom. The van der Waals surface area contributed by atoms with E-state index in [0.29, 0.717) is 0 Å². The van der Waals surface area contributed by atoms with Crippen LogP contribution in [0.2, 0.25) is 4.34 Å². The monoisotopic (exact) mass is 327 g/mol. The zero-order valence-electron chi connectivity index (χ0n) is 8.85. The van der Waals surface area contributed by atoms with Crippen molar-refractivity contribution in [3.05, 3.63) is 19.8 Å². The van der Waals surface area contributed by atoms with E-state index in [1.54, 1.807) is 11.3 Å². The fourth-order valence-corrected chi connectivity index (χ4v) is 3.71. The van der Waals surface area contributed by atoms with Crippen LogP contribution in [0.4, 0.5) is 0 Å². The number of thioether (sulfide) groups is 1. The average Bonchev–Trinajstić information content (AvgIpc) is 2.46. The van der Waals surface area contributed by atoms with E-state index in [-0.39, 0.29) is 0 Å². The smallest absolute Gasteiger partial charge is 0.107 e. The summed E-state index contributed by atoms with van der Waals surface area (Å²) < 4.78 is 1.84. The number of halogens is 2. The molecule has 0 spiro atoms. The lowest BCUT2D eigenvalue weighted by Crippen LogP contribution is -2.21. The van der Waals surface area contributed by atoms with Gasteiger partial charge in [0.25, 0.3) is 0 Å². The van der Waals surface area contributed by atoms with Gasteiger partial charge < -0.3 is 5.32 Å². The van der Waals surface area contributed by atoms with Gasteiger partial charge in [-0.3, -0.25) is 0 Å². The Morgan fingerprint density at radius 3 is 2.93 bits per heavy atom. The van der Waals surface area contributed by atoms with Crippen molar-refractivity contribution in [3.8, 4) is 0 Å². The molecule has 0 aliphatic heterocycles. The van der Waals surface area contributed by atoms with E-state index >= 15 is 0 Å². The normalized spacial score (nSPS) is 13.1. The maximum absolute atomic E-state index is 5.96. The van der Waals surface area contributed by atoms with E-state index in [0.717, 1.165) is 27.8 Å². The van der Waals surface area contributed by atoms with E-state index in [1.807, 2.05) is 11.8 Å². The highest BCUT2D eigenvalue weighted by molar-refractivity contribution is 9.10. The Hall–Kier alpha value is 0.780. The highest BCUT2D eigenvalue weighted by Gasteiger charge is 2.05. The van der Waals surface area contributed by atoms with Crippen molar-refractivity contribution in [1.82, 2.24) is 5.32 Å². The molecule has 1 heterocycles. The minimum absolute atomic E-state index is 0.721. The molecule has 5 heteroatoms. The van der Waals surface area contributed by atoms with Crippen molar-refractivity contribution in [3.63, 3.8) is 0 Å². The topological polar surface area (TPSA) is 12.0 Å². The molecule has 0 saturated heterocycles. The molecule has 1 atom stereocenters. The summed E-state index contributed by atoms with van der Waals surface area (Å²) in [4.78, 5) is 1.28. The van der Waals surface area contributed by atoms with Crippen LogP contribution in [-0.2, 0) is 6.54 Å². The SMILES string of the molecule is CSCC(C)CNCc1cc(Br)c(Cl)s1. The summed E-state index contributed by atoms with van der Waals surface area (Å²) in [5.41, 5.74) is 0. The van der Waals surface area contributed by atoms with Crippen molar-refractivity contribution in [2.75, 3.05) is 18.6 Å². The fraction of sp³-hybridized carbons (Fsp3) is 0.600. The first-order valence-electron chi connectivity index (χ1n) is 4.76. The predicted molar refractivity (Wildman–Crippen MR) is 76.3 cm³/mol. The van der Waals surface area contributed by atoms with Gasteiger partial charge in [-0.1, -0.05) is 18.5 Å². The molecule has 1 N–H and O–H groups in total. The molecule has 0 bridgehead atoms. The van der Waals surface area contributed by atoms with Gasteiger partial charge in [0, 0.05) is 15.9 Å². The molecular formula is C10H15BrClNS2. The molecule has 1 nitrogen and oxygen atoms in total. The number of hydrogen-bond acceptors (Lipinski definition) is 3. The number of rotatable bonds is 6. The van der Waals surface area contributed by atoms with E-state index in [1.165, 1.54) is 10.6 Å². The molecule has 0 fully saturated rings. The first-order chi connectivity index (χ1) is 7.13. The Labute approximate surface area is 113 Å². The molecule has 0 aromatic carbocycles. The molecule has 0 radical (unpaired) electrons. The second-order valence-corrected chi connectivity index (χ2v) is 7.03. The zero-order chi connectivity index (χ0) is 11.3. The lowest BCUT2D eigenvalue weighted by molar-refractivity contribution is 0.562. The van der Waals surface area contributed by atoms with Crippen molar-refractivity contribution >= 4 is 50.6 Å². The molecular weight excluding hydrogens is 314 g/mol. The molecule has 1 aromatic heterocycles. The van der Waals surface area contributed by atoms with Gasteiger partial charge in [0.2, 0.25) is 0 Å². The third-order valence-electron chi connectivity index (χ3n) is 1.94. The van der Waals surface area contributed by atoms with Crippen molar-refractivity contribution < 1.29 is 0 Å². The van der Waals surface area contributed by atoms with Crippen LogP contribution in [0.5, 0.6) is 0 Å². The summed E-state index contributed by atoms with van der Waals surface area (Å²) in [7, 11) is 0. The van der Waals surface area contributed by atoms with Crippen LogP contribution in [0.3, 0.4) is 0 Å². The first kappa shape index (κ1) is 13.8. The van der Waals surface area contributed by atoms with Crippen LogP contribution in [0.15, 0.2) is 10.5 Å². The van der Waals surface area contributed by atoms with Gasteiger partial charge in [0.15, 0.2) is 0 Å². The summed E-state index contributed by atoms with van der Waals surface area (Å²) in [5, 5.41) is 3.44. The second-order valence-electron chi connectivity index (χ2n) is 3.53. The molecule has 0 amide bonds. The summed E-state index contributed by atoms with van der Waals surface area (Å²) in [6, 6.07) is 2.08. The number of hydrogen-bond donors (Lipinski definition) is 1. The largest absolute Gasteiger partial charge is 0.312 e. The van der Waals surface area contributed by atoms with Gasteiger partial charge in [0.05, 0.1) is 0 Å². The molecule has 0 aliphatic rings. The Morgan fingerprint density at radius 1 is 1.67 bits per heavy atom. The summed E-state index contributed by atoms with van der Waals surface area (Å²) >= 11 is 12.9. The highest BCUT2D eigenvalue weighted by atomic mass is 79.9. The average molecular weight is 329 g/mol. The van der Waals surface area contributed by atoms with Gasteiger partial charge >= 0.3 is 0 Å². The lowest BCUT2D eigenvalue weighted by atomic mass is 10.2. The molecule has 1 unspecified atom stereocenters. The molecule has 0 aliphatic carbocycles. The van der Waals surface area contributed by atoms with Gasteiger partial charge in [0.1, 0.15) is 4.34 Å². The van der Waals surface area contributed by atoms with Crippen LogP contribution >= 0.6 is 50.6 Å². The summed E-state index contributed by atoms with van der Waals surface area (Å²) in [6.07, 6.45) is 2.15. The maximum atomic E-state index is 5.96. The maximum Gasteiger partial charge on any atom is 0.107 e. The van der Waals surface area contributed by atoms with E-state index in [4.69, 9.17) is 11.6 Å². The van der Waals surface area contributed by atoms with Gasteiger partial charge in [-0.25, -0.2) is 0 Å². The third-order valence-corrected chi connectivity index (χ3v) is 5.32. The Bertz CT molecular complexity index is 284. The number of thiophene rings is 1. The quantitative estimate of drug-likeness (QED) is 0.837. The van der Waals surface area contributed by atoms with Crippen LogP contribution in [0, 0.1) is 5.92 Å².